The fourth-order valence-corrected chi connectivity index (χ4v) is 9.01. The molecule has 4 aromatic rings. The average Bonchev–Trinajstić information content (AvgIpc) is 4.35. The number of hydrogen-bond donors (Lipinski definition) is 4. The molecule has 1 spiro atoms. The first kappa shape index (κ1) is 62.0. The van der Waals surface area contributed by atoms with Crippen LogP contribution in [0.3, 0.4) is 0 Å². The van der Waals surface area contributed by atoms with Gasteiger partial charge in [-0.1, -0.05) is 10.4 Å². The van der Waals surface area contributed by atoms with Crippen molar-refractivity contribution in [2.45, 2.75) is 69.8 Å². The summed E-state index contributed by atoms with van der Waals surface area (Å²) in [5, 5.41) is 38.8. The minimum atomic E-state index is -4.43. The lowest BCUT2D eigenvalue weighted by Crippen LogP contribution is -2.58. The first-order valence-corrected chi connectivity index (χ1v) is 27.7. The average molecular weight is 1170 g/mol. The van der Waals surface area contributed by atoms with Gasteiger partial charge < -0.3 is 81.8 Å². The van der Waals surface area contributed by atoms with Crippen LogP contribution >= 0.6 is 19.2 Å². The molecule has 0 radical (unpaired) electrons. The molecular weight excluding hydrogens is 1100 g/mol. The number of aliphatic hydroxyl groups is 2. The first-order valence-electron chi connectivity index (χ1n) is 25.5. The van der Waals surface area contributed by atoms with Crippen LogP contribution in [0.5, 0.6) is 5.75 Å². The van der Waals surface area contributed by atoms with E-state index in [1.165, 1.54) is 4.68 Å². The maximum atomic E-state index is 13.6. The van der Waals surface area contributed by atoms with Crippen molar-refractivity contribution < 1.29 is 99.5 Å². The van der Waals surface area contributed by atoms with Gasteiger partial charge in [-0.15, -0.1) is 5.10 Å². The third-order valence-electron chi connectivity index (χ3n) is 12.4. The number of carbonyl (C=O) groups is 1. The molecule has 3 aliphatic rings. The zero-order valence-electron chi connectivity index (χ0n) is 43.2. The molecule has 1 saturated carbocycles. The molecule has 3 fully saturated rings. The molecule has 0 bridgehead atoms. The van der Waals surface area contributed by atoms with Gasteiger partial charge in [0.1, 0.15) is 48.6 Å². The number of nitrogens with zero attached hydrogens (tertiary/aromatic N) is 9. The Morgan fingerprint density at radius 3 is 1.99 bits per heavy atom. The third-order valence-corrected chi connectivity index (χ3v) is 13.1. The lowest BCUT2D eigenvalue weighted by molar-refractivity contribution is -0.136. The molecule has 7 rings (SSSR count). The molecule has 2 aliphatic heterocycles. The van der Waals surface area contributed by atoms with Crippen LogP contribution in [0.1, 0.15) is 44.0 Å². The molecule has 1 aliphatic carbocycles. The molecule has 1 unspecified atom stereocenters. The van der Waals surface area contributed by atoms with E-state index in [0.717, 1.165) is 44.5 Å². The van der Waals surface area contributed by atoms with E-state index in [1.54, 1.807) is 17.1 Å². The van der Waals surface area contributed by atoms with E-state index in [1.807, 2.05) is 0 Å². The molecular formula is C47H66ClF3N9O18P. The third kappa shape index (κ3) is 19.8. The molecule has 1 aromatic carbocycles. The van der Waals surface area contributed by atoms with E-state index in [-0.39, 0.29) is 50.2 Å². The second-order valence-electron chi connectivity index (χ2n) is 18.4. The SMILES string of the molecule is O=C(CCOCCOCCOCCOCCn1cc(COCCOCCOCCOCCON=C2CCC3(CC2)CN(c2nc(Cl)nc4c2cnn4C2O[C@H](COCP(=O)(O)O)[C@@H](O)[C@H]2O)C3)nn1)Oc1c(F)cc(F)cc1F. The van der Waals surface area contributed by atoms with E-state index < -0.39 is 67.7 Å². The highest BCUT2D eigenvalue weighted by atomic mass is 35.5. The Hall–Kier alpha value is -4.60. The number of benzene rings is 1. The van der Waals surface area contributed by atoms with Gasteiger partial charge in [-0.05, 0) is 37.3 Å². The molecule has 0 amide bonds. The van der Waals surface area contributed by atoms with Crippen molar-refractivity contribution in [3.8, 4) is 5.75 Å². The van der Waals surface area contributed by atoms with Crippen molar-refractivity contribution in [2.75, 3.05) is 137 Å². The Morgan fingerprint density at radius 1 is 0.785 bits per heavy atom. The van der Waals surface area contributed by atoms with Gasteiger partial charge >= 0.3 is 13.6 Å². The minimum Gasteiger partial charge on any atom is -0.420 e. The van der Waals surface area contributed by atoms with Crippen LogP contribution in [0.4, 0.5) is 19.0 Å². The molecule has 4 atom stereocenters. The van der Waals surface area contributed by atoms with Gasteiger partial charge in [0.2, 0.25) is 11.0 Å². The molecule has 5 heterocycles. The predicted octanol–water partition coefficient (Wildman–Crippen LogP) is 2.34. The van der Waals surface area contributed by atoms with Crippen LogP contribution in [-0.4, -0.2) is 216 Å². The number of oxime groups is 1. The summed E-state index contributed by atoms with van der Waals surface area (Å²) < 4.78 is 114. The number of halogens is 4. The molecule has 27 nitrogen and oxygen atoms in total. The summed E-state index contributed by atoms with van der Waals surface area (Å²) in [5.41, 5.74) is 2.04. The standard InChI is InChI=1S/C47H66ClF3N9O18P/c48-46-53-43(35-25-52-60(44(35)54-46)45-41(63)40(62)38(77-45)28-75-31-79(64,65)66)58-29-47(30-58)4-1-33(2-5-47)56-76-22-21-73-18-17-71-15-16-72-19-20-74-27-34-26-59(57-55-34)6-8-68-10-12-70-14-13-69-11-9-67-7-3-39(61)78-42-36(50)23-32(49)24-37(42)51/h23-26,38,40-41,45,62-63H,1-22,27-31H2,(H2,64,65,66)/t38-,40-,41-,45?/m1/s1. The molecule has 32 heteroatoms. The Balaban J connectivity index is 0.618. The Kier molecular flexibility index (Phi) is 24.8. The van der Waals surface area contributed by atoms with E-state index in [9.17, 15) is 32.7 Å². The summed E-state index contributed by atoms with van der Waals surface area (Å²) in [7, 11) is -4.43. The highest BCUT2D eigenvalue weighted by Crippen LogP contribution is 2.46. The lowest BCUT2D eigenvalue weighted by Gasteiger charge is -2.53. The largest absolute Gasteiger partial charge is 0.420 e. The van der Waals surface area contributed by atoms with Gasteiger partial charge in [0, 0.05) is 30.6 Å². The maximum Gasteiger partial charge on any atom is 0.350 e. The highest BCUT2D eigenvalue weighted by Gasteiger charge is 2.47. The van der Waals surface area contributed by atoms with Gasteiger partial charge in [-0.2, -0.15) is 15.1 Å². The fourth-order valence-electron chi connectivity index (χ4n) is 8.51. The number of hydrogen-bond acceptors (Lipinski definition) is 23. The number of aliphatic hydroxyl groups excluding tert-OH is 2. The van der Waals surface area contributed by atoms with Gasteiger partial charge in [0.05, 0.1) is 149 Å². The van der Waals surface area contributed by atoms with Crippen LogP contribution < -0.4 is 9.64 Å². The van der Waals surface area contributed by atoms with Crippen molar-refractivity contribution in [1.29, 1.82) is 0 Å². The van der Waals surface area contributed by atoms with Crippen molar-refractivity contribution in [1.82, 2.24) is 34.7 Å². The molecule has 79 heavy (non-hydrogen) atoms. The van der Waals surface area contributed by atoms with Crippen LogP contribution in [-0.2, 0) is 74.7 Å². The summed E-state index contributed by atoms with van der Waals surface area (Å²) in [6.45, 7) is 7.13. The number of fused-ring (bicyclic) bond motifs is 1. The number of aromatic nitrogens is 7. The Morgan fingerprint density at radius 2 is 1.37 bits per heavy atom. The van der Waals surface area contributed by atoms with E-state index in [0.29, 0.717) is 127 Å². The summed E-state index contributed by atoms with van der Waals surface area (Å²) in [5.74, 6) is -5.04. The van der Waals surface area contributed by atoms with Gasteiger partial charge in [0.15, 0.2) is 23.5 Å². The monoisotopic (exact) mass is 1170 g/mol. The van der Waals surface area contributed by atoms with Crippen LogP contribution in [0, 0.1) is 22.9 Å². The quantitative estimate of drug-likeness (QED) is 0.0126. The molecule has 3 aromatic heterocycles. The first-order chi connectivity index (χ1) is 38.2. The van der Waals surface area contributed by atoms with Gasteiger partial charge in [0.25, 0.3) is 0 Å². The number of ether oxygens (including phenoxy) is 11. The normalized spacial score (nSPS) is 19.2. The molecule has 440 valence electrons. The van der Waals surface area contributed by atoms with Crippen molar-refractivity contribution in [3.63, 3.8) is 0 Å². The van der Waals surface area contributed by atoms with Crippen molar-refractivity contribution >= 4 is 47.7 Å². The van der Waals surface area contributed by atoms with Crippen LogP contribution in [0.25, 0.3) is 11.0 Å². The summed E-state index contributed by atoms with van der Waals surface area (Å²) >= 11 is 6.36. The van der Waals surface area contributed by atoms with Crippen LogP contribution in [0.15, 0.2) is 29.7 Å². The zero-order valence-corrected chi connectivity index (χ0v) is 44.8. The molecule has 2 saturated heterocycles. The van der Waals surface area contributed by atoms with E-state index >= 15 is 0 Å². The number of carbonyl (C=O) groups excluding carboxylic acids is 1. The zero-order chi connectivity index (χ0) is 56.0. The van der Waals surface area contributed by atoms with E-state index in [2.05, 4.69) is 40.2 Å². The number of anilines is 1. The Bertz CT molecular complexity index is 2570. The second-order valence-corrected chi connectivity index (χ2v) is 20.4. The number of esters is 1. The topological polar surface area (TPSA) is 316 Å². The molecule has 4 N–H and O–H groups in total. The van der Waals surface area contributed by atoms with Gasteiger partial charge in [-0.3, -0.25) is 9.36 Å². The lowest BCUT2D eigenvalue weighted by atomic mass is 9.68. The minimum absolute atomic E-state index is 0.0311. The van der Waals surface area contributed by atoms with Crippen LogP contribution in [0.2, 0.25) is 5.28 Å². The van der Waals surface area contributed by atoms with Crippen molar-refractivity contribution in [2.24, 2.45) is 10.6 Å². The predicted molar refractivity (Wildman–Crippen MR) is 268 cm³/mol. The smallest absolute Gasteiger partial charge is 0.350 e. The summed E-state index contributed by atoms with van der Waals surface area (Å²) in [6.07, 6.45) is 0.583. The fraction of sp³-hybridized carbons (Fsp3) is 0.681. The maximum absolute atomic E-state index is 13.6. The Labute approximate surface area is 456 Å². The summed E-state index contributed by atoms with van der Waals surface area (Å²) in [4.78, 5) is 46.3. The highest BCUT2D eigenvalue weighted by molar-refractivity contribution is 7.51. The number of rotatable bonds is 37. The van der Waals surface area contributed by atoms with Crippen molar-refractivity contribution in [3.05, 3.63) is 53.0 Å². The van der Waals surface area contributed by atoms with E-state index in [4.69, 9.17) is 73.6 Å². The van der Waals surface area contributed by atoms with Gasteiger partial charge in [-0.25, -0.2) is 22.5 Å². The summed E-state index contributed by atoms with van der Waals surface area (Å²) in [6, 6.07) is 0.837. The second kappa shape index (κ2) is 31.6.